The fraction of sp³-hybridized carbons (Fsp3) is 0.385. The summed E-state index contributed by atoms with van der Waals surface area (Å²) < 4.78 is 0. The standard InChI is InChI=1S/C13H17N3O2/c1-16(2)11-5-3-10(4-6-11)12(9-14)15-8-7-13(17)18/h3-6,12,15H,7-8H2,1-2H3,(H,17,18). The van der Waals surface area contributed by atoms with Gasteiger partial charge in [0.05, 0.1) is 12.5 Å². The molecule has 1 rings (SSSR count). The van der Waals surface area contributed by atoms with E-state index in [2.05, 4.69) is 11.4 Å². The van der Waals surface area contributed by atoms with Crippen molar-refractivity contribution in [2.45, 2.75) is 12.5 Å². The third kappa shape index (κ3) is 4.07. The lowest BCUT2D eigenvalue weighted by Crippen LogP contribution is -2.23. The summed E-state index contributed by atoms with van der Waals surface area (Å²) >= 11 is 0. The summed E-state index contributed by atoms with van der Waals surface area (Å²) in [4.78, 5) is 12.4. The average molecular weight is 247 g/mol. The number of aliphatic carboxylic acids is 1. The fourth-order valence-electron chi connectivity index (χ4n) is 1.53. The maximum atomic E-state index is 10.4. The third-order valence-corrected chi connectivity index (χ3v) is 2.56. The lowest BCUT2D eigenvalue weighted by atomic mass is 10.1. The summed E-state index contributed by atoms with van der Waals surface area (Å²) in [5, 5.41) is 20.5. The van der Waals surface area contributed by atoms with Crippen molar-refractivity contribution in [1.82, 2.24) is 5.32 Å². The molecule has 0 aliphatic carbocycles. The zero-order valence-corrected chi connectivity index (χ0v) is 10.6. The van der Waals surface area contributed by atoms with E-state index in [1.165, 1.54) is 0 Å². The average Bonchev–Trinajstić information content (AvgIpc) is 2.34. The number of hydrogen-bond acceptors (Lipinski definition) is 4. The zero-order valence-electron chi connectivity index (χ0n) is 10.6. The molecule has 96 valence electrons. The molecular weight excluding hydrogens is 230 g/mol. The first kappa shape index (κ1) is 14.0. The molecule has 0 aromatic heterocycles. The largest absolute Gasteiger partial charge is 0.481 e. The molecule has 1 aromatic carbocycles. The Morgan fingerprint density at radius 3 is 2.50 bits per heavy atom. The highest BCUT2D eigenvalue weighted by atomic mass is 16.4. The van der Waals surface area contributed by atoms with Crippen molar-refractivity contribution in [3.8, 4) is 6.07 Å². The smallest absolute Gasteiger partial charge is 0.304 e. The maximum Gasteiger partial charge on any atom is 0.304 e. The molecule has 1 unspecified atom stereocenters. The molecule has 5 heteroatoms. The number of carboxylic acid groups (broad SMARTS) is 1. The SMILES string of the molecule is CN(C)c1ccc(C(C#N)NCCC(=O)O)cc1. The first-order valence-corrected chi connectivity index (χ1v) is 5.66. The molecule has 1 aromatic rings. The number of rotatable bonds is 6. The van der Waals surface area contributed by atoms with E-state index in [1.807, 2.05) is 43.3 Å². The molecule has 0 saturated carbocycles. The van der Waals surface area contributed by atoms with Crippen molar-refractivity contribution in [1.29, 1.82) is 5.26 Å². The van der Waals surface area contributed by atoms with E-state index in [1.54, 1.807) is 0 Å². The van der Waals surface area contributed by atoms with Gasteiger partial charge >= 0.3 is 5.97 Å². The van der Waals surface area contributed by atoms with E-state index in [-0.39, 0.29) is 13.0 Å². The van der Waals surface area contributed by atoms with Crippen LogP contribution in [0.15, 0.2) is 24.3 Å². The Labute approximate surface area is 107 Å². The molecule has 0 saturated heterocycles. The molecule has 0 aliphatic rings. The highest BCUT2D eigenvalue weighted by Gasteiger charge is 2.10. The topological polar surface area (TPSA) is 76.4 Å². The Kier molecular flexibility index (Phi) is 5.15. The number of nitriles is 1. The minimum atomic E-state index is -0.873. The normalized spacial score (nSPS) is 11.6. The van der Waals surface area contributed by atoms with Crippen LogP contribution in [-0.2, 0) is 4.79 Å². The summed E-state index contributed by atoms with van der Waals surface area (Å²) in [6.07, 6.45) is 0.00790. The predicted molar refractivity (Wildman–Crippen MR) is 69.4 cm³/mol. The summed E-state index contributed by atoms with van der Waals surface area (Å²) in [6, 6.07) is 9.25. The minimum Gasteiger partial charge on any atom is -0.481 e. The molecule has 0 bridgehead atoms. The van der Waals surface area contributed by atoms with Gasteiger partial charge in [-0.25, -0.2) is 0 Å². The molecule has 0 heterocycles. The van der Waals surface area contributed by atoms with Gasteiger partial charge in [-0.3, -0.25) is 10.1 Å². The molecule has 0 radical (unpaired) electrons. The lowest BCUT2D eigenvalue weighted by molar-refractivity contribution is -0.136. The van der Waals surface area contributed by atoms with Gasteiger partial charge in [0, 0.05) is 26.3 Å². The highest BCUT2D eigenvalue weighted by molar-refractivity contribution is 5.66. The zero-order chi connectivity index (χ0) is 13.5. The van der Waals surface area contributed by atoms with Gasteiger partial charge in [-0.15, -0.1) is 0 Å². The van der Waals surface area contributed by atoms with Crippen molar-refractivity contribution in [3.63, 3.8) is 0 Å². The van der Waals surface area contributed by atoms with E-state index in [0.29, 0.717) is 0 Å². The number of hydrogen-bond donors (Lipinski definition) is 2. The Morgan fingerprint density at radius 2 is 2.06 bits per heavy atom. The van der Waals surface area contributed by atoms with Gasteiger partial charge in [0.2, 0.25) is 0 Å². The van der Waals surface area contributed by atoms with Crippen molar-refractivity contribution >= 4 is 11.7 Å². The summed E-state index contributed by atoms with van der Waals surface area (Å²) in [5.74, 6) is -0.873. The first-order valence-electron chi connectivity index (χ1n) is 5.66. The number of benzene rings is 1. The van der Waals surface area contributed by atoms with Crippen LogP contribution in [0.25, 0.3) is 0 Å². The van der Waals surface area contributed by atoms with Gasteiger partial charge < -0.3 is 10.0 Å². The Balaban J connectivity index is 2.65. The molecule has 0 aliphatic heterocycles. The van der Waals surface area contributed by atoms with Gasteiger partial charge in [0.25, 0.3) is 0 Å². The van der Waals surface area contributed by atoms with E-state index in [4.69, 9.17) is 10.4 Å². The van der Waals surface area contributed by atoms with Crippen LogP contribution in [0.1, 0.15) is 18.0 Å². The maximum absolute atomic E-state index is 10.4. The molecule has 0 amide bonds. The van der Waals surface area contributed by atoms with E-state index in [9.17, 15) is 4.79 Å². The van der Waals surface area contributed by atoms with Crippen molar-refractivity contribution in [3.05, 3.63) is 29.8 Å². The monoisotopic (exact) mass is 247 g/mol. The summed E-state index contributed by atoms with van der Waals surface area (Å²) in [7, 11) is 3.89. The molecule has 18 heavy (non-hydrogen) atoms. The minimum absolute atomic E-state index is 0.00790. The quantitative estimate of drug-likeness (QED) is 0.794. The van der Waals surface area contributed by atoms with Crippen LogP contribution in [0, 0.1) is 11.3 Å². The van der Waals surface area contributed by atoms with Gasteiger partial charge in [0.1, 0.15) is 6.04 Å². The van der Waals surface area contributed by atoms with Crippen LogP contribution in [0.2, 0.25) is 0 Å². The second-order valence-corrected chi connectivity index (χ2v) is 4.15. The fourth-order valence-corrected chi connectivity index (χ4v) is 1.53. The van der Waals surface area contributed by atoms with Crippen LogP contribution in [0.4, 0.5) is 5.69 Å². The summed E-state index contributed by atoms with van der Waals surface area (Å²) in [5.41, 5.74) is 1.90. The van der Waals surface area contributed by atoms with Crippen LogP contribution in [0.3, 0.4) is 0 Å². The number of carbonyl (C=O) groups is 1. The van der Waals surface area contributed by atoms with Crippen molar-refractivity contribution in [2.75, 3.05) is 25.5 Å². The second-order valence-electron chi connectivity index (χ2n) is 4.15. The second kappa shape index (κ2) is 6.62. The number of carboxylic acids is 1. The molecule has 2 N–H and O–H groups in total. The highest BCUT2D eigenvalue weighted by Crippen LogP contribution is 2.17. The van der Waals surface area contributed by atoms with E-state index in [0.717, 1.165) is 11.3 Å². The van der Waals surface area contributed by atoms with Gasteiger partial charge in [-0.05, 0) is 17.7 Å². The van der Waals surface area contributed by atoms with Crippen LogP contribution < -0.4 is 10.2 Å². The molecule has 1 atom stereocenters. The molecule has 0 spiro atoms. The lowest BCUT2D eigenvalue weighted by Gasteiger charge is -2.15. The number of anilines is 1. The van der Waals surface area contributed by atoms with Crippen LogP contribution >= 0.6 is 0 Å². The van der Waals surface area contributed by atoms with Crippen LogP contribution in [0.5, 0.6) is 0 Å². The number of nitrogens with zero attached hydrogens (tertiary/aromatic N) is 2. The molecule has 5 nitrogen and oxygen atoms in total. The van der Waals surface area contributed by atoms with Crippen molar-refractivity contribution < 1.29 is 9.90 Å². The predicted octanol–water partition coefficient (Wildman–Crippen LogP) is 1.38. The van der Waals surface area contributed by atoms with Gasteiger partial charge in [-0.2, -0.15) is 5.26 Å². The van der Waals surface area contributed by atoms with E-state index >= 15 is 0 Å². The first-order chi connectivity index (χ1) is 8.54. The Bertz CT molecular complexity index is 435. The van der Waals surface area contributed by atoms with E-state index < -0.39 is 12.0 Å². The molecular formula is C13H17N3O2. The van der Waals surface area contributed by atoms with Crippen LogP contribution in [-0.4, -0.2) is 31.7 Å². The molecule has 0 fully saturated rings. The third-order valence-electron chi connectivity index (χ3n) is 2.56. The van der Waals surface area contributed by atoms with Gasteiger partial charge in [0.15, 0.2) is 0 Å². The van der Waals surface area contributed by atoms with Crippen molar-refractivity contribution in [2.24, 2.45) is 0 Å². The number of nitrogens with one attached hydrogen (secondary N) is 1. The van der Waals surface area contributed by atoms with Gasteiger partial charge in [-0.1, -0.05) is 12.1 Å². The summed E-state index contributed by atoms with van der Waals surface area (Å²) in [6.45, 7) is 0.281. The Morgan fingerprint density at radius 1 is 1.44 bits per heavy atom. The Hall–Kier alpha value is -2.06.